The van der Waals surface area contributed by atoms with Gasteiger partial charge in [0.25, 0.3) is 13.7 Å². The third kappa shape index (κ3) is 12.3. The summed E-state index contributed by atoms with van der Waals surface area (Å²) in [5, 5.41) is 4.87. The molecule has 1 aromatic heterocycles. The first-order valence-corrected chi connectivity index (χ1v) is 28.0. The average molecular weight is 1050 g/mol. The van der Waals surface area contributed by atoms with Crippen LogP contribution in [0.3, 0.4) is 0 Å². The number of nitrogens with zero attached hydrogens (tertiary/aromatic N) is 5. The molecule has 3 aromatic carbocycles. The number of ether oxygens (including phenoxy) is 2. The van der Waals surface area contributed by atoms with Gasteiger partial charge in [-0.15, -0.1) is 0 Å². The number of rotatable bonds is 17. The van der Waals surface area contributed by atoms with Crippen LogP contribution in [0, 0.1) is 11.8 Å². The van der Waals surface area contributed by atoms with Gasteiger partial charge in [0.05, 0.1) is 30.9 Å². The van der Waals surface area contributed by atoms with Gasteiger partial charge in [0.2, 0.25) is 11.3 Å². The molecule has 6 N–H and O–H groups in total. The molecule has 0 saturated carbocycles. The Bertz CT molecular complexity index is 3210. The highest BCUT2D eigenvalue weighted by Crippen LogP contribution is 2.65. The number of hydrogen-bond acceptors (Lipinski definition) is 15. The lowest BCUT2D eigenvalue weighted by atomic mass is 9.86. The number of aryl methyl sites for hydroxylation is 2. The summed E-state index contributed by atoms with van der Waals surface area (Å²) in [7, 11) is -15.3. The summed E-state index contributed by atoms with van der Waals surface area (Å²) >= 11 is 0. The quantitative estimate of drug-likeness (QED) is 0.0508. The highest BCUT2D eigenvalue weighted by atomic mass is 31.3. The van der Waals surface area contributed by atoms with E-state index in [0.29, 0.717) is 18.5 Å². The van der Waals surface area contributed by atoms with E-state index in [-0.39, 0.29) is 49.0 Å². The van der Waals surface area contributed by atoms with E-state index < -0.39 is 48.1 Å². The third-order valence-corrected chi connectivity index (χ3v) is 16.6. The number of nitrogens with two attached hydrogens (primary N) is 1. The molecule has 8 rings (SSSR count). The van der Waals surface area contributed by atoms with E-state index in [2.05, 4.69) is 82.9 Å². The fourth-order valence-corrected chi connectivity index (χ4v) is 12.5. The Balaban J connectivity index is 0.898. The summed E-state index contributed by atoms with van der Waals surface area (Å²) in [6, 6.07) is 16.5. The monoisotopic (exact) mass is 1050 g/mol. The first-order chi connectivity index (χ1) is 34.2. The molecule has 4 aliphatic heterocycles. The normalized spacial score (nSPS) is 19.5. The van der Waals surface area contributed by atoms with Gasteiger partial charge in [-0.1, -0.05) is 30.0 Å². The molecule has 0 aliphatic carbocycles. The molecule has 2 amide bonds. The molecule has 22 nitrogen and oxygen atoms in total. The number of hydrogen-bond donors (Lipinski definition) is 5. The number of carbonyl (C=O) groups excluding carboxylic acids is 2. The number of aromatic nitrogens is 2. The highest BCUT2D eigenvalue weighted by Gasteiger charge is 2.40. The lowest BCUT2D eigenvalue weighted by molar-refractivity contribution is -0.212. The molecule has 0 bridgehead atoms. The number of anilines is 2. The van der Waals surface area contributed by atoms with Crippen LogP contribution in [0.15, 0.2) is 59.5 Å². The molecule has 5 atom stereocenters. The van der Waals surface area contributed by atoms with Crippen molar-refractivity contribution < 1.29 is 65.5 Å². The molecule has 0 radical (unpaired) electrons. The van der Waals surface area contributed by atoms with E-state index in [1.165, 1.54) is 28.4 Å². The van der Waals surface area contributed by atoms with Crippen molar-refractivity contribution in [2.45, 2.75) is 77.5 Å². The number of phosphoric acid groups is 3. The van der Waals surface area contributed by atoms with E-state index in [1.807, 2.05) is 24.3 Å². The molecule has 384 valence electrons. The van der Waals surface area contributed by atoms with Crippen molar-refractivity contribution in [2.24, 2.45) is 0 Å². The second-order valence-electron chi connectivity index (χ2n) is 17.6. The second kappa shape index (κ2) is 21.9. The van der Waals surface area contributed by atoms with Crippen LogP contribution in [0.1, 0.15) is 96.8 Å². The molecule has 0 spiro atoms. The van der Waals surface area contributed by atoms with Gasteiger partial charge in [-0.3, -0.25) is 23.2 Å². The summed E-state index contributed by atoms with van der Waals surface area (Å²) in [5.41, 5.74) is 12.3. The Kier molecular flexibility index (Phi) is 16.1. The summed E-state index contributed by atoms with van der Waals surface area (Å²) < 4.78 is 62.3. The minimum atomic E-state index is -5.82. The van der Waals surface area contributed by atoms with Crippen molar-refractivity contribution in [1.82, 2.24) is 24.3 Å². The predicted octanol–water partition coefficient (Wildman–Crippen LogP) is 2.82. The van der Waals surface area contributed by atoms with Crippen LogP contribution in [0.4, 0.5) is 11.5 Å². The maximum absolute atomic E-state index is 14.4. The molecule has 25 heteroatoms. The number of carbonyl (C=O) groups is 2. The van der Waals surface area contributed by atoms with Gasteiger partial charge < -0.3 is 49.9 Å². The van der Waals surface area contributed by atoms with Crippen LogP contribution < -0.4 is 46.4 Å². The first-order valence-electron chi connectivity index (χ1n) is 23.5. The van der Waals surface area contributed by atoms with Crippen molar-refractivity contribution in [3.63, 3.8) is 0 Å². The van der Waals surface area contributed by atoms with Gasteiger partial charge in [0.15, 0.2) is 0 Å². The van der Waals surface area contributed by atoms with Gasteiger partial charge in [-0.2, -0.15) is 9.29 Å². The molecular formula is C47H56N7O15P3. The molecule has 72 heavy (non-hydrogen) atoms. The maximum atomic E-state index is 14.4. The summed E-state index contributed by atoms with van der Waals surface area (Å²) in [6.45, 7) is 7.59. The largest absolute Gasteiger partial charge is 0.756 e. The molecular weight excluding hydrogens is 995 g/mol. The van der Waals surface area contributed by atoms with Gasteiger partial charge in [0, 0.05) is 85.0 Å². The third-order valence-electron chi connectivity index (χ3n) is 12.8. The van der Waals surface area contributed by atoms with Crippen molar-refractivity contribution in [3.05, 3.63) is 109 Å². The summed E-state index contributed by atoms with van der Waals surface area (Å²) in [5.74, 6) is 6.42. The lowest BCUT2D eigenvalue weighted by Crippen LogP contribution is -2.39. The topological polar surface area (TPSA) is 298 Å². The zero-order valence-corrected chi connectivity index (χ0v) is 42.5. The number of nitrogen functional groups attached to an aromatic ring is 1. The number of nitrogens with one attached hydrogen (secondary N) is 1. The van der Waals surface area contributed by atoms with Crippen LogP contribution in [-0.4, -0.2) is 100.0 Å². The summed E-state index contributed by atoms with van der Waals surface area (Å²) in [4.78, 5) is 86.3. The standard InChI is InChI=1S/C47H56N7O15P3/c1-4-52-22-9-13-30-24-36-40(26-38(30)52)67-41-27-39-31(14-10-23-53(39)5-2)25-37(41)44(36)34-15-6-7-16-35(34)46(56)51(3)21-11-17-42(55)49-20-8-12-32-28-54(47(57)50-45(32)48)43-19-18-33(66-43)29-65-71(61,62)69-72(63,64)68-70(58,59)60/h6-7,15-16,24-28,33,43H,4-5,9-11,13-14,17-23,29H2,1-3H3,(H6-,48,49,50,55,57,58,59,60,61,62,63,64)/t33-,43+/m0/s1. The van der Waals surface area contributed by atoms with E-state index in [0.717, 1.165) is 89.8 Å². The minimum absolute atomic E-state index is 0.0801. The predicted molar refractivity (Wildman–Crippen MR) is 261 cm³/mol. The average Bonchev–Trinajstić information content (AvgIpc) is 3.80. The Hall–Kier alpha value is -5.52. The Morgan fingerprint density at radius 2 is 1.79 bits per heavy atom. The smallest absolute Gasteiger partial charge is 0.487 e. The van der Waals surface area contributed by atoms with Gasteiger partial charge >= 0.3 is 21.3 Å². The Morgan fingerprint density at radius 3 is 2.56 bits per heavy atom. The lowest BCUT2D eigenvalue weighted by Gasteiger charge is -2.33. The van der Waals surface area contributed by atoms with Gasteiger partial charge in [-0.05, 0) is 81.7 Å². The zero-order valence-electron chi connectivity index (χ0n) is 39.9. The second-order valence-corrected chi connectivity index (χ2v) is 22.0. The van der Waals surface area contributed by atoms with Gasteiger partial charge in [-0.25, -0.2) is 22.8 Å². The Morgan fingerprint density at radius 1 is 1.01 bits per heavy atom. The van der Waals surface area contributed by atoms with E-state index in [1.54, 1.807) is 11.9 Å². The fourth-order valence-electron chi connectivity index (χ4n) is 9.47. The van der Waals surface area contributed by atoms with E-state index in [9.17, 15) is 42.8 Å². The first kappa shape index (κ1) is 52.8. The van der Waals surface area contributed by atoms with Crippen molar-refractivity contribution >= 4 is 52.4 Å². The molecule has 4 aliphatic rings. The van der Waals surface area contributed by atoms with Crippen molar-refractivity contribution in [1.29, 1.82) is 0 Å². The van der Waals surface area contributed by atoms with Crippen molar-refractivity contribution in [3.8, 4) is 23.3 Å². The highest BCUT2D eigenvalue weighted by molar-refractivity contribution is 7.66. The van der Waals surface area contributed by atoms with Crippen LogP contribution in [0.25, 0.3) is 5.57 Å². The van der Waals surface area contributed by atoms with Crippen molar-refractivity contribution in [2.75, 3.05) is 63.6 Å². The molecule has 4 aromatic rings. The molecule has 1 saturated heterocycles. The molecule has 1 fully saturated rings. The van der Waals surface area contributed by atoms with Gasteiger partial charge in [0.1, 0.15) is 36.6 Å². The molecule has 3 unspecified atom stereocenters. The van der Waals surface area contributed by atoms with E-state index in [4.69, 9.17) is 20.1 Å². The minimum Gasteiger partial charge on any atom is -0.756 e. The van der Waals surface area contributed by atoms with Crippen LogP contribution in [-0.2, 0) is 49.2 Å². The van der Waals surface area contributed by atoms with E-state index >= 15 is 0 Å². The van der Waals surface area contributed by atoms with Crippen LogP contribution in [0.2, 0.25) is 0 Å². The zero-order chi connectivity index (χ0) is 51.5. The fraction of sp³-hybridized carbons (Fsp3) is 0.426. The van der Waals surface area contributed by atoms with Crippen LogP contribution in [0.5, 0.6) is 11.5 Å². The number of fused-ring (bicyclic) bond motifs is 4. The molecule has 5 heterocycles. The summed E-state index contributed by atoms with van der Waals surface area (Å²) in [6.07, 6.45) is 4.19. The number of benzene rings is 3. The number of phosphoric ester groups is 1. The Labute approximate surface area is 414 Å². The van der Waals surface area contributed by atoms with Crippen LogP contribution >= 0.6 is 23.5 Å². The maximum Gasteiger partial charge on any atom is 0.487 e. The SMILES string of the molecule is CCN1CCCc2cc3c(cc21)Oc1cc2c(cc1=C3c1ccccc1C(=O)N(C)CCCC(=O)NCC#Cc1cn([C@H]3CC[C@@H](COP(=O)(O)OP(=O)(O)OP(=O)([O-])O)O3)c(=O)nc1N)CCC[N+]=2CC. The number of amides is 2.